The number of hydrogen-bond acceptors (Lipinski definition) is 6. The van der Waals surface area contributed by atoms with Crippen LogP contribution in [-0.4, -0.2) is 21.5 Å². The van der Waals surface area contributed by atoms with Gasteiger partial charge in [-0.15, -0.1) is 6.58 Å². The molecule has 2 aromatic heterocycles. The van der Waals surface area contributed by atoms with Crippen molar-refractivity contribution < 1.29 is 0 Å². The Morgan fingerprint density at radius 1 is 1.26 bits per heavy atom. The number of nitrogens with two attached hydrogens (primary N) is 1. The highest BCUT2D eigenvalue weighted by Gasteiger charge is 2.06. The summed E-state index contributed by atoms with van der Waals surface area (Å²) >= 11 is 0. The van der Waals surface area contributed by atoms with E-state index >= 15 is 0 Å². The van der Waals surface area contributed by atoms with E-state index < -0.39 is 0 Å². The fourth-order valence-corrected chi connectivity index (χ4v) is 1.53. The van der Waals surface area contributed by atoms with Gasteiger partial charge in [-0.05, 0) is 11.6 Å². The average Bonchev–Trinajstić information content (AvgIpc) is 2.46. The van der Waals surface area contributed by atoms with Gasteiger partial charge in [0.2, 0.25) is 0 Å². The number of pyridine rings is 1. The third-order valence-electron chi connectivity index (χ3n) is 2.48. The lowest BCUT2D eigenvalue weighted by Crippen LogP contribution is -2.09. The van der Waals surface area contributed by atoms with Crippen LogP contribution in [0, 0.1) is 0 Å². The fraction of sp³-hybridized carbons (Fsp3) is 0.154. The van der Waals surface area contributed by atoms with Crippen LogP contribution in [0.1, 0.15) is 5.56 Å². The van der Waals surface area contributed by atoms with Crippen LogP contribution in [0.15, 0.2) is 43.5 Å². The summed E-state index contributed by atoms with van der Waals surface area (Å²) in [5.41, 5.74) is 7.54. The molecule has 0 aliphatic heterocycles. The van der Waals surface area contributed by atoms with Crippen molar-refractivity contribution in [3.63, 3.8) is 0 Å². The molecule has 0 bridgehead atoms. The van der Waals surface area contributed by atoms with E-state index in [9.17, 15) is 0 Å². The number of anilines is 3. The van der Waals surface area contributed by atoms with Crippen molar-refractivity contribution in [2.24, 2.45) is 0 Å². The molecule has 98 valence electrons. The molecule has 6 heteroatoms. The lowest BCUT2D eigenvalue weighted by atomic mass is 10.3. The predicted octanol–water partition coefficient (Wildman–Crippen LogP) is 1.66. The molecule has 0 saturated carbocycles. The summed E-state index contributed by atoms with van der Waals surface area (Å²) in [5.74, 6) is 1.20. The first kappa shape index (κ1) is 12.8. The van der Waals surface area contributed by atoms with Gasteiger partial charge in [0.15, 0.2) is 11.6 Å². The highest BCUT2D eigenvalue weighted by atomic mass is 15.1. The maximum absolute atomic E-state index is 5.99. The van der Waals surface area contributed by atoms with E-state index in [-0.39, 0.29) is 0 Å². The summed E-state index contributed by atoms with van der Waals surface area (Å²) in [7, 11) is 0. The maximum Gasteiger partial charge on any atom is 0.155 e. The quantitative estimate of drug-likeness (QED) is 0.681. The molecule has 0 amide bonds. The Morgan fingerprint density at radius 2 is 2.05 bits per heavy atom. The molecule has 0 fully saturated rings. The molecule has 2 aromatic rings. The van der Waals surface area contributed by atoms with E-state index in [4.69, 9.17) is 5.73 Å². The number of nitrogens with one attached hydrogen (secondary N) is 2. The van der Waals surface area contributed by atoms with Gasteiger partial charge in [0.25, 0.3) is 0 Å². The van der Waals surface area contributed by atoms with Crippen LogP contribution in [0.2, 0.25) is 0 Å². The Hall–Kier alpha value is -2.63. The van der Waals surface area contributed by atoms with Gasteiger partial charge in [0.05, 0.1) is 0 Å². The van der Waals surface area contributed by atoms with Crippen molar-refractivity contribution in [3.8, 4) is 0 Å². The predicted molar refractivity (Wildman–Crippen MR) is 76.7 cm³/mol. The largest absolute Gasteiger partial charge is 0.393 e. The highest BCUT2D eigenvalue weighted by Crippen LogP contribution is 2.22. The van der Waals surface area contributed by atoms with Crippen molar-refractivity contribution in [3.05, 3.63) is 49.1 Å². The summed E-state index contributed by atoms with van der Waals surface area (Å²) in [6.45, 7) is 4.84. The minimum absolute atomic E-state index is 0.494. The average molecular weight is 256 g/mol. The molecular formula is C13H16N6. The summed E-state index contributed by atoms with van der Waals surface area (Å²) < 4.78 is 0. The molecule has 4 N–H and O–H groups in total. The Labute approximate surface area is 111 Å². The van der Waals surface area contributed by atoms with Gasteiger partial charge in [-0.25, -0.2) is 9.97 Å². The second kappa shape index (κ2) is 6.34. The Kier molecular flexibility index (Phi) is 4.28. The lowest BCUT2D eigenvalue weighted by Gasteiger charge is -2.11. The van der Waals surface area contributed by atoms with Crippen LogP contribution < -0.4 is 16.4 Å². The zero-order valence-electron chi connectivity index (χ0n) is 10.5. The summed E-state index contributed by atoms with van der Waals surface area (Å²) in [4.78, 5) is 12.3. The second-order valence-electron chi connectivity index (χ2n) is 3.87. The standard InChI is InChI=1S/C13H16N6/c1-2-5-16-12-11(14)13(19-9-18-12)17-8-10-4-3-6-15-7-10/h2-4,6-7,9H,1,5,8,14H2,(H2,16,17,18,19). The highest BCUT2D eigenvalue weighted by molar-refractivity contribution is 5.74. The van der Waals surface area contributed by atoms with Crippen LogP contribution in [0.3, 0.4) is 0 Å². The first-order valence-electron chi connectivity index (χ1n) is 5.89. The Bertz CT molecular complexity index is 540. The van der Waals surface area contributed by atoms with E-state index in [1.165, 1.54) is 6.33 Å². The number of aromatic nitrogens is 3. The van der Waals surface area contributed by atoms with Gasteiger partial charge in [-0.1, -0.05) is 12.1 Å². The molecule has 0 aliphatic rings. The monoisotopic (exact) mass is 256 g/mol. The number of hydrogen-bond donors (Lipinski definition) is 3. The van der Waals surface area contributed by atoms with Crippen LogP contribution in [0.25, 0.3) is 0 Å². The van der Waals surface area contributed by atoms with E-state index in [1.807, 2.05) is 12.1 Å². The van der Waals surface area contributed by atoms with Crippen molar-refractivity contribution in [1.29, 1.82) is 0 Å². The zero-order chi connectivity index (χ0) is 13.5. The minimum atomic E-state index is 0.494. The molecule has 0 radical (unpaired) electrons. The van der Waals surface area contributed by atoms with Crippen LogP contribution in [0.4, 0.5) is 17.3 Å². The third kappa shape index (κ3) is 3.41. The Morgan fingerprint density at radius 3 is 2.74 bits per heavy atom. The molecule has 2 rings (SSSR count). The SMILES string of the molecule is C=CCNc1ncnc(NCc2cccnc2)c1N. The first-order valence-corrected chi connectivity index (χ1v) is 5.89. The van der Waals surface area contributed by atoms with Gasteiger partial charge in [-0.3, -0.25) is 4.98 Å². The molecule has 19 heavy (non-hydrogen) atoms. The maximum atomic E-state index is 5.99. The fourth-order valence-electron chi connectivity index (χ4n) is 1.53. The topological polar surface area (TPSA) is 88.8 Å². The van der Waals surface area contributed by atoms with Crippen molar-refractivity contribution in [2.75, 3.05) is 22.9 Å². The number of nitrogens with zero attached hydrogens (tertiary/aromatic N) is 3. The molecule has 6 nitrogen and oxygen atoms in total. The third-order valence-corrected chi connectivity index (χ3v) is 2.48. The normalized spacial score (nSPS) is 9.89. The van der Waals surface area contributed by atoms with Gasteiger partial charge in [0, 0.05) is 25.5 Å². The van der Waals surface area contributed by atoms with E-state index in [0.717, 1.165) is 5.56 Å². The van der Waals surface area contributed by atoms with E-state index in [2.05, 4.69) is 32.2 Å². The lowest BCUT2D eigenvalue weighted by molar-refractivity contribution is 1.06. The van der Waals surface area contributed by atoms with Crippen molar-refractivity contribution in [2.45, 2.75) is 6.54 Å². The molecular weight excluding hydrogens is 240 g/mol. The van der Waals surface area contributed by atoms with Crippen LogP contribution in [-0.2, 0) is 6.54 Å². The van der Waals surface area contributed by atoms with Gasteiger partial charge < -0.3 is 16.4 Å². The van der Waals surface area contributed by atoms with Gasteiger partial charge in [0.1, 0.15) is 12.0 Å². The van der Waals surface area contributed by atoms with Crippen molar-refractivity contribution in [1.82, 2.24) is 15.0 Å². The van der Waals surface area contributed by atoms with E-state index in [0.29, 0.717) is 30.4 Å². The van der Waals surface area contributed by atoms with E-state index in [1.54, 1.807) is 18.5 Å². The molecule has 0 saturated heterocycles. The molecule has 0 spiro atoms. The molecule has 2 heterocycles. The summed E-state index contributed by atoms with van der Waals surface area (Å²) in [6.07, 6.45) is 6.73. The molecule has 0 aromatic carbocycles. The first-order chi connectivity index (χ1) is 9.31. The second-order valence-corrected chi connectivity index (χ2v) is 3.87. The van der Waals surface area contributed by atoms with Gasteiger partial charge >= 0.3 is 0 Å². The molecule has 0 atom stereocenters. The molecule has 0 aliphatic carbocycles. The van der Waals surface area contributed by atoms with Crippen LogP contribution in [0.5, 0.6) is 0 Å². The number of rotatable bonds is 6. The Balaban J connectivity index is 2.06. The van der Waals surface area contributed by atoms with Crippen LogP contribution >= 0.6 is 0 Å². The number of nitrogen functional groups attached to an aromatic ring is 1. The summed E-state index contributed by atoms with van der Waals surface area (Å²) in [6, 6.07) is 3.87. The zero-order valence-corrected chi connectivity index (χ0v) is 10.5. The minimum Gasteiger partial charge on any atom is -0.393 e. The smallest absolute Gasteiger partial charge is 0.155 e. The summed E-state index contributed by atoms with van der Waals surface area (Å²) in [5, 5.41) is 6.22. The molecule has 0 unspecified atom stereocenters. The van der Waals surface area contributed by atoms with Gasteiger partial charge in [-0.2, -0.15) is 0 Å². The van der Waals surface area contributed by atoms with Crippen molar-refractivity contribution >= 4 is 17.3 Å².